The molecule has 66 valence electrons. The highest BCUT2D eigenvalue weighted by Crippen LogP contribution is 2.27. The van der Waals surface area contributed by atoms with Gasteiger partial charge in [0.25, 0.3) is 0 Å². The second kappa shape index (κ2) is 3.63. The largest absolute Gasteiger partial charge is 0.232 e. The molecule has 0 saturated carbocycles. The fraction of sp³-hybridized carbons (Fsp3) is 0.143. The van der Waals surface area contributed by atoms with E-state index in [1.807, 2.05) is 6.92 Å². The van der Waals surface area contributed by atoms with Crippen LogP contribution in [0.5, 0.6) is 0 Å². The fourth-order valence-electron chi connectivity index (χ4n) is 0.804. The average molecular weight is 361 g/mol. The molecule has 1 aromatic carbocycles. The van der Waals surface area contributed by atoms with Crippen molar-refractivity contribution < 1.29 is 8.42 Å². The molecular formula is C7H6BrIO2S. The minimum atomic E-state index is -3.13. The van der Waals surface area contributed by atoms with E-state index in [1.165, 1.54) is 21.2 Å². The number of aryl methyl sites for hydroxylation is 1. The third kappa shape index (κ3) is 2.43. The maximum Gasteiger partial charge on any atom is 0.232 e. The molecule has 0 aromatic heterocycles. The van der Waals surface area contributed by atoms with Gasteiger partial charge in [0, 0.05) is 4.47 Å². The molecule has 0 aliphatic rings. The van der Waals surface area contributed by atoms with E-state index >= 15 is 0 Å². The summed E-state index contributed by atoms with van der Waals surface area (Å²) in [7, 11) is -3.13. The monoisotopic (exact) mass is 360 g/mol. The highest BCUT2D eigenvalue weighted by Gasteiger charge is 2.12. The van der Waals surface area contributed by atoms with Gasteiger partial charge in [0.2, 0.25) is 7.01 Å². The molecular weight excluding hydrogens is 355 g/mol. The lowest BCUT2D eigenvalue weighted by molar-refractivity contribution is 0.612. The fourth-order valence-corrected chi connectivity index (χ4v) is 4.52. The first kappa shape index (κ1) is 10.5. The van der Waals surface area contributed by atoms with Gasteiger partial charge in [0.15, 0.2) is 0 Å². The van der Waals surface area contributed by atoms with E-state index in [4.69, 9.17) is 0 Å². The van der Waals surface area contributed by atoms with Gasteiger partial charge in [-0.1, -0.05) is 6.07 Å². The van der Waals surface area contributed by atoms with Gasteiger partial charge in [-0.3, -0.25) is 0 Å². The molecule has 0 spiro atoms. The summed E-state index contributed by atoms with van der Waals surface area (Å²) in [5.74, 6) is 0. The smallest absolute Gasteiger partial charge is 0.213 e. The summed E-state index contributed by atoms with van der Waals surface area (Å²) >= 11 is 4.62. The van der Waals surface area contributed by atoms with Gasteiger partial charge in [-0.2, -0.15) is 0 Å². The third-order valence-electron chi connectivity index (χ3n) is 1.35. The maximum atomic E-state index is 11.1. The molecule has 0 radical (unpaired) electrons. The molecule has 1 aromatic rings. The molecule has 1 rings (SSSR count). The molecule has 0 aliphatic heterocycles. The van der Waals surface area contributed by atoms with E-state index < -0.39 is 7.01 Å². The van der Waals surface area contributed by atoms with Crippen LogP contribution < -0.4 is 0 Å². The van der Waals surface area contributed by atoms with E-state index in [0.29, 0.717) is 9.37 Å². The first-order valence-corrected chi connectivity index (χ1v) is 7.94. The van der Waals surface area contributed by atoms with Crippen LogP contribution in [-0.2, 0) is 7.01 Å². The average Bonchev–Trinajstić information content (AvgIpc) is 1.83. The molecule has 12 heavy (non-hydrogen) atoms. The molecule has 0 heterocycles. The van der Waals surface area contributed by atoms with Crippen LogP contribution in [0.2, 0.25) is 0 Å². The maximum absolute atomic E-state index is 11.1. The van der Waals surface area contributed by atoms with Crippen molar-refractivity contribution in [2.45, 2.75) is 11.8 Å². The molecule has 2 nitrogen and oxygen atoms in total. The van der Waals surface area contributed by atoms with Crippen molar-refractivity contribution in [1.29, 1.82) is 0 Å². The van der Waals surface area contributed by atoms with Crippen LogP contribution in [0.4, 0.5) is 0 Å². The second-order valence-corrected chi connectivity index (χ2v) is 8.02. The van der Waals surface area contributed by atoms with Crippen molar-refractivity contribution in [3.63, 3.8) is 0 Å². The Hall–Kier alpha value is 0.380. The van der Waals surface area contributed by atoms with Gasteiger partial charge >= 0.3 is 0 Å². The summed E-state index contributed by atoms with van der Waals surface area (Å²) < 4.78 is 22.9. The number of benzene rings is 1. The Labute approximate surface area is 92.0 Å². The summed E-state index contributed by atoms with van der Waals surface area (Å²) in [6.45, 7) is 1.91. The van der Waals surface area contributed by atoms with Gasteiger partial charge < -0.3 is 0 Å². The second-order valence-electron chi connectivity index (χ2n) is 2.37. The summed E-state index contributed by atoms with van der Waals surface area (Å²) in [5, 5.41) is 0. The Bertz CT molecular complexity index is 400. The van der Waals surface area contributed by atoms with Crippen molar-refractivity contribution in [2.24, 2.45) is 0 Å². The normalized spacial score (nSPS) is 11.6. The number of hydrogen-bond donors (Lipinski definition) is 0. The van der Waals surface area contributed by atoms with Gasteiger partial charge in [-0.15, -0.1) is 0 Å². The van der Waals surface area contributed by atoms with Gasteiger partial charge in [-0.25, -0.2) is 8.42 Å². The molecule has 0 amide bonds. The lowest BCUT2D eigenvalue weighted by Gasteiger charge is -2.00. The summed E-state index contributed by atoms with van der Waals surface area (Å²) in [5.41, 5.74) is 1.03. The van der Waals surface area contributed by atoms with E-state index in [1.54, 1.807) is 18.2 Å². The van der Waals surface area contributed by atoms with E-state index in [9.17, 15) is 8.42 Å². The topological polar surface area (TPSA) is 34.1 Å². The zero-order valence-electron chi connectivity index (χ0n) is 6.21. The molecule has 0 fully saturated rings. The van der Waals surface area contributed by atoms with E-state index in [0.717, 1.165) is 5.56 Å². The van der Waals surface area contributed by atoms with Crippen LogP contribution >= 0.6 is 37.1 Å². The lowest BCUT2D eigenvalue weighted by Crippen LogP contribution is -1.91. The van der Waals surface area contributed by atoms with Gasteiger partial charge in [0.1, 0.15) is 0 Å². The first-order chi connectivity index (χ1) is 5.41. The summed E-state index contributed by atoms with van der Waals surface area (Å²) in [4.78, 5) is 0.328. The van der Waals surface area contributed by atoms with E-state index in [2.05, 4.69) is 15.9 Å². The SMILES string of the molecule is Cc1ccc(S(=O)(=O)I)c(Br)c1. The van der Waals surface area contributed by atoms with Crippen molar-refractivity contribution >= 4 is 44.1 Å². The molecule has 0 N–H and O–H groups in total. The summed E-state index contributed by atoms with van der Waals surface area (Å²) in [6.07, 6.45) is 0. The van der Waals surface area contributed by atoms with Crippen molar-refractivity contribution in [3.05, 3.63) is 28.2 Å². The highest BCUT2D eigenvalue weighted by atomic mass is 127. The molecule has 5 heteroatoms. The standard InChI is InChI=1S/C7H6BrIO2S/c1-5-2-3-7(6(8)4-5)12(9,10)11/h2-4H,1H3. The summed E-state index contributed by atoms with van der Waals surface area (Å²) in [6, 6.07) is 5.16. The molecule has 0 atom stereocenters. The predicted molar refractivity (Wildman–Crippen MR) is 60.1 cm³/mol. The minimum absolute atomic E-state index is 0.328. The predicted octanol–water partition coefficient (Wildman–Crippen LogP) is 2.88. The van der Waals surface area contributed by atoms with Crippen LogP contribution in [0, 0.1) is 6.92 Å². The third-order valence-corrected chi connectivity index (χ3v) is 4.57. The number of hydrogen-bond acceptors (Lipinski definition) is 2. The number of halogens is 2. The minimum Gasteiger partial charge on any atom is -0.213 e. The van der Waals surface area contributed by atoms with Crippen molar-refractivity contribution in [1.82, 2.24) is 0 Å². The Morgan fingerprint density at radius 1 is 1.42 bits per heavy atom. The first-order valence-electron chi connectivity index (χ1n) is 3.12. The molecule has 0 bridgehead atoms. The zero-order valence-corrected chi connectivity index (χ0v) is 10.8. The Kier molecular flexibility index (Phi) is 3.16. The van der Waals surface area contributed by atoms with Crippen LogP contribution in [-0.4, -0.2) is 8.42 Å². The van der Waals surface area contributed by atoms with Crippen molar-refractivity contribution in [2.75, 3.05) is 0 Å². The highest BCUT2D eigenvalue weighted by molar-refractivity contribution is 14.2. The molecule has 0 aliphatic carbocycles. The van der Waals surface area contributed by atoms with Gasteiger partial charge in [-0.05, 0) is 40.5 Å². The van der Waals surface area contributed by atoms with Crippen molar-refractivity contribution in [3.8, 4) is 0 Å². The molecule has 0 saturated heterocycles. The van der Waals surface area contributed by atoms with Crippen LogP contribution in [0.25, 0.3) is 0 Å². The van der Waals surface area contributed by atoms with Crippen LogP contribution in [0.3, 0.4) is 0 Å². The van der Waals surface area contributed by atoms with Crippen LogP contribution in [0.1, 0.15) is 5.56 Å². The zero-order chi connectivity index (χ0) is 9.35. The van der Waals surface area contributed by atoms with Crippen LogP contribution in [0.15, 0.2) is 27.6 Å². The Balaban J connectivity index is 3.39. The van der Waals surface area contributed by atoms with Gasteiger partial charge in [0.05, 0.1) is 26.1 Å². The Morgan fingerprint density at radius 3 is 2.42 bits per heavy atom. The quantitative estimate of drug-likeness (QED) is 0.570. The molecule has 0 unspecified atom stereocenters. The Morgan fingerprint density at radius 2 is 2.00 bits per heavy atom. The van der Waals surface area contributed by atoms with E-state index in [-0.39, 0.29) is 0 Å². The number of rotatable bonds is 1. The lowest BCUT2D eigenvalue weighted by atomic mass is 10.2.